The van der Waals surface area contributed by atoms with Crippen LogP contribution in [0.1, 0.15) is 0 Å². The molecule has 163 valence electrons. The minimum atomic E-state index is -1.23. The Morgan fingerprint density at radius 2 is 0.370 bits per heavy atom. The topological polar surface area (TPSA) is 14.1 Å². The van der Waals surface area contributed by atoms with E-state index < -0.39 is 23.9 Å². The van der Waals surface area contributed by atoms with Crippen LogP contribution >= 0.6 is 287 Å². The number of alkyl halides is 18. The van der Waals surface area contributed by atoms with E-state index in [2.05, 4.69) is 287 Å². The van der Waals surface area contributed by atoms with Gasteiger partial charge in [0.2, 0.25) is 0 Å². The highest BCUT2D eigenvalue weighted by Gasteiger charge is 2.78. The molecule has 0 heterocycles. The summed E-state index contributed by atoms with van der Waals surface area (Å²) >= 11 is 65.7. The molecule has 0 aliphatic heterocycles. The number of hydrogen-bond donors (Lipinski definition) is 0. The Balaban J connectivity index is 7.45. The maximum absolute atomic E-state index is 5.32. The third-order valence-corrected chi connectivity index (χ3v) is 13.1. The lowest BCUT2D eigenvalue weighted by molar-refractivity contribution is 0.258. The monoisotopic (exact) mass is 1530 g/mol. The summed E-state index contributed by atoms with van der Waals surface area (Å²) in [4.78, 5) is 0. The lowest BCUT2D eigenvalue weighted by atomic mass is 10.00. The maximum Gasteiger partial charge on any atom is 0.160 e. The van der Waals surface area contributed by atoms with Crippen LogP contribution in [0.15, 0.2) is 0 Å². The molecule has 1 radical (unpaired) electrons. The second-order valence-corrected chi connectivity index (χ2v) is 45.1. The van der Waals surface area contributed by atoms with Crippen LogP contribution < -0.4 is 5.32 Å². The molecule has 0 saturated heterocycles. The van der Waals surface area contributed by atoms with E-state index in [1.807, 2.05) is 0 Å². The summed E-state index contributed by atoms with van der Waals surface area (Å²) in [6.07, 6.45) is 0. The summed E-state index contributed by atoms with van der Waals surface area (Å²) in [5, 5.41) is 5.32. The molecule has 0 aromatic rings. The van der Waals surface area contributed by atoms with Gasteiger partial charge >= 0.3 is 0 Å². The maximum atomic E-state index is 5.32. The van der Waals surface area contributed by atoms with Gasteiger partial charge in [-0.2, -0.15) is 0 Å². The second kappa shape index (κ2) is 11.8. The summed E-state index contributed by atoms with van der Waals surface area (Å²) in [5.41, 5.74) is -2.46. The van der Waals surface area contributed by atoms with Gasteiger partial charge in [0.15, 0.2) is 12.9 Å². The fourth-order valence-electron chi connectivity index (χ4n) is 1.60. The number of nitrogens with zero attached hydrogens (tertiary/aromatic N) is 1. The number of halogens is 18. The molecular weight excluding hydrogens is 1550 g/mol. The van der Waals surface area contributed by atoms with E-state index in [1.165, 1.54) is 0 Å². The molecule has 0 aliphatic carbocycles. The highest BCUT2D eigenvalue weighted by molar-refractivity contribution is 9.43. The molecule has 0 aliphatic rings. The van der Waals surface area contributed by atoms with Gasteiger partial charge in [-0.15, -0.1) is 0 Å². The van der Waals surface area contributed by atoms with Crippen LogP contribution in [0.2, 0.25) is 0 Å². The smallest absolute Gasteiger partial charge is 0.160 e. The van der Waals surface area contributed by atoms with E-state index in [9.17, 15) is 0 Å². The summed E-state index contributed by atoms with van der Waals surface area (Å²) in [6, 6.07) is 0. The average molecular weight is 1550 g/mol. The Kier molecular flexibility index (Phi) is 15.5. The molecule has 0 aromatic carbocycles. The Bertz CT molecular complexity index is 398. The molecule has 0 spiro atoms. The van der Waals surface area contributed by atoms with Crippen molar-refractivity contribution in [2.75, 3.05) is 0 Å². The Labute approximate surface area is 308 Å². The summed E-state index contributed by atoms with van der Waals surface area (Å²) < 4.78 is -6.04. The fourth-order valence-corrected chi connectivity index (χ4v) is 28.3. The van der Waals surface area contributed by atoms with Gasteiger partial charge in [0.1, 0.15) is 11.1 Å². The van der Waals surface area contributed by atoms with Crippen molar-refractivity contribution in [1.82, 2.24) is 5.32 Å². The summed E-state index contributed by atoms with van der Waals surface area (Å²) in [6.45, 7) is 0. The summed E-state index contributed by atoms with van der Waals surface area (Å²) in [5.74, 6) is 0. The van der Waals surface area contributed by atoms with Crippen LogP contribution in [-0.4, -0.2) is 23.9 Å². The molecule has 0 N–H and O–H groups in total. The number of hydrogen-bond acceptors (Lipinski definition) is 0. The van der Waals surface area contributed by atoms with E-state index >= 15 is 0 Å². The quantitative estimate of drug-likeness (QED) is 0.245. The Morgan fingerprint density at radius 1 is 0.259 bits per heavy atom. The van der Waals surface area contributed by atoms with Gasteiger partial charge in [-0.05, 0) is 0 Å². The molecule has 0 atom stereocenters. The van der Waals surface area contributed by atoms with Crippen molar-refractivity contribution in [3.8, 4) is 0 Å². The van der Waals surface area contributed by atoms with E-state index in [4.69, 9.17) is 5.32 Å². The van der Waals surface area contributed by atoms with Crippen LogP contribution in [-0.2, 0) is 0 Å². The standard InChI is InChI=1S/C8Br18N/c9-3(10,11)1(4(12,13)14,5(15,16)17)27-2(6(18,19)20,7(21,22)23)8(24,25)26. The van der Waals surface area contributed by atoms with Crippen LogP contribution in [0.3, 0.4) is 0 Å². The number of rotatable bonds is 2. The van der Waals surface area contributed by atoms with Gasteiger partial charge in [0.25, 0.3) is 0 Å². The van der Waals surface area contributed by atoms with Crippen molar-refractivity contribution < 1.29 is 0 Å². The van der Waals surface area contributed by atoms with Crippen LogP contribution in [0.5, 0.6) is 0 Å². The zero-order valence-electron chi connectivity index (χ0n) is 11.3. The molecule has 0 fully saturated rings. The first kappa shape index (κ1) is 35.6. The Morgan fingerprint density at radius 3 is 0.444 bits per heavy atom. The van der Waals surface area contributed by atoms with Crippen molar-refractivity contribution in [3.05, 3.63) is 0 Å². The highest BCUT2D eigenvalue weighted by Crippen LogP contribution is 2.73. The molecular formula is C8Br18N. The zero-order chi connectivity index (χ0) is 22.7. The minimum Gasteiger partial charge on any atom is -0.209 e. The summed E-state index contributed by atoms with van der Waals surface area (Å²) in [7, 11) is 0. The van der Waals surface area contributed by atoms with Gasteiger partial charge in [-0.25, -0.2) is 5.32 Å². The van der Waals surface area contributed by atoms with Gasteiger partial charge in [-0.3, -0.25) is 0 Å². The van der Waals surface area contributed by atoms with E-state index in [0.717, 1.165) is 0 Å². The van der Waals surface area contributed by atoms with Gasteiger partial charge < -0.3 is 0 Å². The molecule has 0 rings (SSSR count). The predicted molar refractivity (Wildman–Crippen MR) is 185 cm³/mol. The third-order valence-electron chi connectivity index (χ3n) is 2.80. The Hall–Kier alpha value is 8.60. The largest absolute Gasteiger partial charge is 0.209 e. The average Bonchev–Trinajstić information content (AvgIpc) is 2.16. The molecule has 0 unspecified atom stereocenters. The highest BCUT2D eigenvalue weighted by atomic mass is 80.0. The van der Waals surface area contributed by atoms with Gasteiger partial charge in [0.05, 0.1) is 0 Å². The van der Waals surface area contributed by atoms with Crippen LogP contribution in [0.25, 0.3) is 0 Å². The van der Waals surface area contributed by atoms with Crippen molar-refractivity contribution in [3.63, 3.8) is 0 Å². The van der Waals surface area contributed by atoms with Crippen molar-refractivity contribution in [1.29, 1.82) is 0 Å². The van der Waals surface area contributed by atoms with Gasteiger partial charge in [-0.1, -0.05) is 287 Å². The molecule has 0 amide bonds. The van der Waals surface area contributed by atoms with E-state index in [1.54, 1.807) is 0 Å². The van der Waals surface area contributed by atoms with Crippen LogP contribution in [0.4, 0.5) is 0 Å². The lowest BCUT2D eigenvalue weighted by Gasteiger charge is -2.60. The normalized spacial score (nSPS) is 16.7. The molecule has 0 aromatic heterocycles. The fraction of sp³-hybridized carbons (Fsp3) is 1.00. The van der Waals surface area contributed by atoms with E-state index in [-0.39, 0.29) is 0 Å². The van der Waals surface area contributed by atoms with Crippen molar-refractivity contribution in [2.24, 2.45) is 0 Å². The minimum absolute atomic E-state index is 1.01. The van der Waals surface area contributed by atoms with Gasteiger partial charge in [0, 0.05) is 0 Å². The molecule has 19 heteroatoms. The predicted octanol–water partition coefficient (Wildman–Crippen LogP) is 13.1. The van der Waals surface area contributed by atoms with Crippen molar-refractivity contribution in [2.45, 2.75) is 23.9 Å². The van der Waals surface area contributed by atoms with Crippen LogP contribution in [0, 0.1) is 0 Å². The second-order valence-electron chi connectivity index (χ2n) is 4.52. The van der Waals surface area contributed by atoms with Crippen molar-refractivity contribution >= 4 is 287 Å². The van der Waals surface area contributed by atoms with E-state index in [0.29, 0.717) is 0 Å². The lowest BCUT2D eigenvalue weighted by Crippen LogP contribution is -2.78. The third kappa shape index (κ3) is 7.81. The molecule has 27 heavy (non-hydrogen) atoms. The first-order valence-corrected chi connectivity index (χ1v) is 19.6. The molecule has 1 nitrogen and oxygen atoms in total. The molecule has 0 bridgehead atoms. The zero-order valence-corrected chi connectivity index (χ0v) is 39.8. The molecule has 0 saturated carbocycles. The SMILES string of the molecule is BrC(Br)(Br)C([N]C(C(Br)(Br)Br)(C(Br)(Br)Br)C(Br)(Br)Br)(C(Br)(Br)Br)C(Br)(Br)Br. The first-order valence-electron chi connectivity index (χ1n) is 5.35. The first-order chi connectivity index (χ1) is 11.2.